The van der Waals surface area contributed by atoms with E-state index in [0.717, 1.165) is 6.07 Å². The molecule has 1 aromatic carbocycles. The average Bonchev–Trinajstić information content (AvgIpc) is 2.14. The molecule has 15 heavy (non-hydrogen) atoms. The topological polar surface area (TPSA) is 83.6 Å². The number of nitrogens with two attached hydrogens (primary N) is 1. The van der Waals surface area contributed by atoms with Crippen molar-refractivity contribution in [2.45, 2.75) is 5.92 Å². The number of aromatic hydroxyl groups is 1. The smallest absolute Gasteiger partial charge is 0.312 e. The van der Waals surface area contributed by atoms with Gasteiger partial charge in [-0.3, -0.25) is 4.79 Å². The van der Waals surface area contributed by atoms with Crippen molar-refractivity contribution in [1.29, 1.82) is 0 Å². The van der Waals surface area contributed by atoms with Crippen molar-refractivity contribution in [3.05, 3.63) is 28.0 Å². The van der Waals surface area contributed by atoms with Crippen LogP contribution in [0.3, 0.4) is 0 Å². The molecule has 82 valence electrons. The summed E-state index contributed by atoms with van der Waals surface area (Å²) >= 11 is 2.98. The van der Waals surface area contributed by atoms with Gasteiger partial charge in [0, 0.05) is 18.2 Å². The number of carbonyl (C=O) groups is 1. The Bertz CT molecular complexity index is 397. The SMILES string of the molecule is NCC(C(=O)O)c1cc(Br)c(O)cc1F. The van der Waals surface area contributed by atoms with Gasteiger partial charge in [0.05, 0.1) is 10.4 Å². The van der Waals surface area contributed by atoms with Crippen molar-refractivity contribution >= 4 is 21.9 Å². The summed E-state index contributed by atoms with van der Waals surface area (Å²) in [6.07, 6.45) is 0. The van der Waals surface area contributed by atoms with Gasteiger partial charge in [0.15, 0.2) is 0 Å². The number of rotatable bonds is 3. The summed E-state index contributed by atoms with van der Waals surface area (Å²) in [5.74, 6) is -3.37. The number of aliphatic carboxylic acids is 1. The van der Waals surface area contributed by atoms with Crippen LogP contribution < -0.4 is 5.73 Å². The molecule has 6 heteroatoms. The lowest BCUT2D eigenvalue weighted by atomic mass is 9.99. The third-order valence-electron chi connectivity index (χ3n) is 1.98. The minimum absolute atomic E-state index is 0.0466. The Kier molecular flexibility index (Phi) is 3.65. The Morgan fingerprint density at radius 1 is 1.60 bits per heavy atom. The zero-order chi connectivity index (χ0) is 11.6. The van der Waals surface area contributed by atoms with Gasteiger partial charge in [0.2, 0.25) is 0 Å². The molecular weight excluding hydrogens is 269 g/mol. The Labute approximate surface area is 93.6 Å². The predicted molar refractivity (Wildman–Crippen MR) is 55.2 cm³/mol. The molecule has 4 N–H and O–H groups in total. The second-order valence-electron chi connectivity index (χ2n) is 2.95. The van der Waals surface area contributed by atoms with Crippen molar-refractivity contribution in [2.75, 3.05) is 6.54 Å². The van der Waals surface area contributed by atoms with Gasteiger partial charge in [-0.25, -0.2) is 4.39 Å². The maximum absolute atomic E-state index is 13.3. The van der Waals surface area contributed by atoms with E-state index < -0.39 is 17.7 Å². The van der Waals surface area contributed by atoms with Gasteiger partial charge in [-0.2, -0.15) is 0 Å². The van der Waals surface area contributed by atoms with Crippen molar-refractivity contribution in [3.8, 4) is 5.75 Å². The Morgan fingerprint density at radius 2 is 2.20 bits per heavy atom. The first-order chi connectivity index (χ1) is 6.97. The summed E-state index contributed by atoms with van der Waals surface area (Å²) in [7, 11) is 0. The van der Waals surface area contributed by atoms with Gasteiger partial charge >= 0.3 is 5.97 Å². The zero-order valence-electron chi connectivity index (χ0n) is 7.58. The van der Waals surface area contributed by atoms with E-state index in [0.29, 0.717) is 0 Å². The second kappa shape index (κ2) is 4.59. The summed E-state index contributed by atoms with van der Waals surface area (Å²) in [5, 5.41) is 17.9. The Morgan fingerprint density at radius 3 is 2.67 bits per heavy atom. The summed E-state index contributed by atoms with van der Waals surface area (Å²) in [4.78, 5) is 10.8. The summed E-state index contributed by atoms with van der Waals surface area (Å²) in [6.45, 7) is -0.205. The number of phenolic OH excluding ortho intramolecular Hbond substituents is 1. The monoisotopic (exact) mass is 277 g/mol. The van der Waals surface area contributed by atoms with Crippen LogP contribution in [0.4, 0.5) is 4.39 Å². The predicted octanol–water partition coefficient (Wildman–Crippen LogP) is 1.42. The van der Waals surface area contributed by atoms with Crippen molar-refractivity contribution in [1.82, 2.24) is 0 Å². The molecule has 0 fully saturated rings. The standard InChI is InChI=1S/C9H9BrFNO3/c10-6-1-4(5(3-12)9(14)15)7(11)2-8(6)13/h1-2,5,13H,3,12H2,(H,14,15). The fraction of sp³-hybridized carbons (Fsp3) is 0.222. The summed E-state index contributed by atoms with van der Waals surface area (Å²) in [6, 6.07) is 2.07. The average molecular weight is 278 g/mol. The van der Waals surface area contributed by atoms with E-state index in [1.807, 2.05) is 0 Å². The minimum Gasteiger partial charge on any atom is -0.507 e. The maximum atomic E-state index is 13.3. The molecule has 0 aliphatic rings. The van der Waals surface area contributed by atoms with Crippen LogP contribution in [0.15, 0.2) is 16.6 Å². The first-order valence-electron chi connectivity index (χ1n) is 4.08. The summed E-state index contributed by atoms with van der Waals surface area (Å²) in [5.41, 5.74) is 5.19. The van der Waals surface area contributed by atoms with Gasteiger partial charge in [-0.15, -0.1) is 0 Å². The molecular formula is C9H9BrFNO3. The van der Waals surface area contributed by atoms with E-state index in [1.54, 1.807) is 0 Å². The third kappa shape index (κ3) is 2.45. The molecule has 0 spiro atoms. The van der Waals surface area contributed by atoms with Crippen LogP contribution in [0.1, 0.15) is 11.5 Å². The van der Waals surface area contributed by atoms with Crippen molar-refractivity contribution < 1.29 is 19.4 Å². The fourth-order valence-electron chi connectivity index (χ4n) is 1.18. The fourth-order valence-corrected chi connectivity index (χ4v) is 1.54. The first-order valence-corrected chi connectivity index (χ1v) is 4.87. The molecule has 0 saturated heterocycles. The van der Waals surface area contributed by atoms with Gasteiger partial charge < -0.3 is 15.9 Å². The Balaban J connectivity index is 3.24. The number of phenols is 1. The molecule has 0 radical (unpaired) electrons. The van der Waals surface area contributed by atoms with Crippen LogP contribution in [0.2, 0.25) is 0 Å². The molecule has 0 aliphatic carbocycles. The van der Waals surface area contributed by atoms with E-state index in [9.17, 15) is 9.18 Å². The van der Waals surface area contributed by atoms with Crippen molar-refractivity contribution in [2.24, 2.45) is 5.73 Å². The van der Waals surface area contributed by atoms with E-state index in [2.05, 4.69) is 15.9 Å². The highest BCUT2D eigenvalue weighted by atomic mass is 79.9. The van der Waals surface area contributed by atoms with Crippen LogP contribution in [0, 0.1) is 5.82 Å². The van der Waals surface area contributed by atoms with E-state index >= 15 is 0 Å². The number of hydrogen-bond donors (Lipinski definition) is 3. The number of hydrogen-bond acceptors (Lipinski definition) is 3. The lowest BCUT2D eigenvalue weighted by molar-refractivity contribution is -0.138. The molecule has 0 amide bonds. The van der Waals surface area contributed by atoms with E-state index in [4.69, 9.17) is 15.9 Å². The number of carboxylic acids is 1. The molecule has 0 aromatic heterocycles. The molecule has 4 nitrogen and oxygen atoms in total. The molecule has 1 atom stereocenters. The lowest BCUT2D eigenvalue weighted by Gasteiger charge is -2.12. The number of benzene rings is 1. The molecule has 1 rings (SSSR count). The van der Waals surface area contributed by atoms with Gasteiger partial charge in [0.1, 0.15) is 11.6 Å². The second-order valence-corrected chi connectivity index (χ2v) is 3.81. The van der Waals surface area contributed by atoms with Gasteiger partial charge in [-0.1, -0.05) is 0 Å². The normalized spacial score (nSPS) is 12.5. The Hall–Kier alpha value is -1.14. The highest BCUT2D eigenvalue weighted by Crippen LogP contribution is 2.30. The van der Waals surface area contributed by atoms with Crippen LogP contribution in [0.5, 0.6) is 5.75 Å². The lowest BCUT2D eigenvalue weighted by Crippen LogP contribution is -2.22. The molecule has 1 unspecified atom stereocenters. The largest absolute Gasteiger partial charge is 0.507 e. The minimum atomic E-state index is -1.20. The highest BCUT2D eigenvalue weighted by molar-refractivity contribution is 9.10. The van der Waals surface area contributed by atoms with Crippen molar-refractivity contribution in [3.63, 3.8) is 0 Å². The molecule has 0 bridgehead atoms. The van der Waals surface area contributed by atoms with Crippen LogP contribution in [-0.4, -0.2) is 22.7 Å². The number of carboxylic acid groups (broad SMARTS) is 1. The van der Waals surface area contributed by atoms with E-state index in [1.165, 1.54) is 6.07 Å². The summed E-state index contributed by atoms with van der Waals surface area (Å²) < 4.78 is 13.6. The maximum Gasteiger partial charge on any atom is 0.312 e. The quantitative estimate of drug-likeness (QED) is 0.780. The molecule has 1 aromatic rings. The van der Waals surface area contributed by atoms with Gasteiger partial charge in [0.25, 0.3) is 0 Å². The third-order valence-corrected chi connectivity index (χ3v) is 2.61. The molecule has 0 aliphatic heterocycles. The van der Waals surface area contributed by atoms with Crippen LogP contribution in [0.25, 0.3) is 0 Å². The number of halogens is 2. The van der Waals surface area contributed by atoms with Crippen LogP contribution >= 0.6 is 15.9 Å². The molecule has 0 saturated carbocycles. The zero-order valence-corrected chi connectivity index (χ0v) is 9.16. The van der Waals surface area contributed by atoms with Crippen LogP contribution in [-0.2, 0) is 4.79 Å². The van der Waals surface area contributed by atoms with Gasteiger partial charge in [-0.05, 0) is 22.0 Å². The molecule has 0 heterocycles. The highest BCUT2D eigenvalue weighted by Gasteiger charge is 2.22. The first kappa shape index (κ1) is 11.9. The van der Waals surface area contributed by atoms with E-state index in [-0.39, 0.29) is 22.3 Å².